The first kappa shape index (κ1) is 22.2. The van der Waals surface area contributed by atoms with Gasteiger partial charge in [0, 0.05) is 5.56 Å². The Morgan fingerprint density at radius 2 is 1.19 bits per heavy atom. The lowest BCUT2D eigenvalue weighted by molar-refractivity contribution is -0.416. The van der Waals surface area contributed by atoms with E-state index in [1.807, 2.05) is 5.10 Å². The standard InChI is InChI=1S/C11H8F12N2O/c1-3-26-6-4(2)5(7(12,13)14)24-25(6)8(9(15,16)17,10(18,19)20)11(21,22)23/h3H2,1-2H3. The Kier molecular flexibility index (Phi) is 5.22. The predicted octanol–water partition coefficient (Wildman–Crippen LogP) is 4.99. The minimum Gasteiger partial charge on any atom is -0.478 e. The molecule has 1 aromatic rings. The minimum absolute atomic E-state index is 0.338. The zero-order valence-electron chi connectivity index (χ0n) is 12.5. The number of hydrogen-bond donors (Lipinski definition) is 0. The van der Waals surface area contributed by atoms with Gasteiger partial charge < -0.3 is 4.74 Å². The molecule has 0 aliphatic heterocycles. The van der Waals surface area contributed by atoms with Crippen LogP contribution in [-0.2, 0) is 11.7 Å². The number of alkyl halides is 12. The second kappa shape index (κ2) is 6.11. The van der Waals surface area contributed by atoms with E-state index < -0.39 is 58.7 Å². The Morgan fingerprint density at radius 3 is 1.46 bits per heavy atom. The molecule has 0 N–H and O–H groups in total. The van der Waals surface area contributed by atoms with E-state index in [1.165, 1.54) is 0 Å². The molecule has 0 fully saturated rings. The van der Waals surface area contributed by atoms with E-state index in [4.69, 9.17) is 0 Å². The zero-order chi connectivity index (χ0) is 20.9. The van der Waals surface area contributed by atoms with Gasteiger partial charge in [-0.3, -0.25) is 0 Å². The Balaban J connectivity index is 4.13. The Morgan fingerprint density at radius 1 is 0.808 bits per heavy atom. The van der Waals surface area contributed by atoms with Crippen molar-refractivity contribution in [2.75, 3.05) is 6.61 Å². The van der Waals surface area contributed by atoms with Crippen LogP contribution < -0.4 is 4.74 Å². The van der Waals surface area contributed by atoms with Gasteiger partial charge in [0.15, 0.2) is 5.69 Å². The van der Waals surface area contributed by atoms with Crippen molar-refractivity contribution in [1.29, 1.82) is 0 Å². The van der Waals surface area contributed by atoms with Crippen LogP contribution >= 0.6 is 0 Å². The zero-order valence-corrected chi connectivity index (χ0v) is 12.5. The molecule has 0 aliphatic rings. The molecule has 1 aromatic heterocycles. The first-order valence-corrected chi connectivity index (χ1v) is 6.34. The number of hydrogen-bond acceptors (Lipinski definition) is 2. The molecule has 0 unspecified atom stereocenters. The topological polar surface area (TPSA) is 27.1 Å². The molecule has 0 atom stereocenters. The number of aromatic nitrogens is 2. The summed E-state index contributed by atoms with van der Waals surface area (Å²) in [6, 6.07) is 0. The first-order valence-electron chi connectivity index (χ1n) is 6.34. The fraction of sp³-hybridized carbons (Fsp3) is 0.727. The molecule has 1 rings (SSSR count). The van der Waals surface area contributed by atoms with Gasteiger partial charge >= 0.3 is 30.2 Å². The van der Waals surface area contributed by atoms with Gasteiger partial charge in [-0.25, -0.2) is 0 Å². The smallest absolute Gasteiger partial charge is 0.435 e. The fourth-order valence-corrected chi connectivity index (χ4v) is 2.13. The highest BCUT2D eigenvalue weighted by Gasteiger charge is 2.87. The van der Waals surface area contributed by atoms with Gasteiger partial charge in [-0.15, -0.1) is 0 Å². The molecule has 15 heteroatoms. The molecule has 0 bridgehead atoms. The van der Waals surface area contributed by atoms with Crippen molar-refractivity contribution in [3.05, 3.63) is 11.3 Å². The van der Waals surface area contributed by atoms with Crippen molar-refractivity contribution in [2.24, 2.45) is 0 Å². The van der Waals surface area contributed by atoms with Crippen LogP contribution in [0, 0.1) is 6.92 Å². The molecule has 0 spiro atoms. The summed E-state index contributed by atoms with van der Waals surface area (Å²) in [6.07, 6.45) is -27.1. The number of nitrogens with zero attached hydrogens (tertiary/aromatic N) is 2. The van der Waals surface area contributed by atoms with Gasteiger partial charge in [-0.2, -0.15) is 62.5 Å². The summed E-state index contributed by atoms with van der Waals surface area (Å²) in [6.45, 7) is 0.444. The average molecular weight is 412 g/mol. The third kappa shape index (κ3) is 3.15. The Bertz CT molecular complexity index is 612. The predicted molar refractivity (Wildman–Crippen MR) is 59.3 cm³/mol. The lowest BCUT2D eigenvalue weighted by Gasteiger charge is -2.38. The van der Waals surface area contributed by atoms with Crippen LogP contribution in [0.2, 0.25) is 0 Å². The van der Waals surface area contributed by atoms with Crippen molar-refractivity contribution in [2.45, 2.75) is 44.1 Å². The van der Waals surface area contributed by atoms with Gasteiger partial charge in [0.1, 0.15) is 0 Å². The third-order valence-electron chi connectivity index (χ3n) is 3.17. The van der Waals surface area contributed by atoms with Crippen LogP contribution in [0.1, 0.15) is 18.2 Å². The highest BCUT2D eigenvalue weighted by atomic mass is 19.4. The van der Waals surface area contributed by atoms with Crippen LogP contribution in [-0.4, -0.2) is 34.9 Å². The number of rotatable bonds is 3. The van der Waals surface area contributed by atoms with Crippen molar-refractivity contribution in [3.63, 3.8) is 0 Å². The van der Waals surface area contributed by atoms with Crippen LogP contribution in [0.5, 0.6) is 5.88 Å². The van der Waals surface area contributed by atoms with E-state index in [9.17, 15) is 52.7 Å². The molecule has 0 aliphatic carbocycles. The van der Waals surface area contributed by atoms with Gasteiger partial charge in [-0.05, 0) is 13.8 Å². The van der Waals surface area contributed by atoms with Gasteiger partial charge in [0.25, 0.3) is 0 Å². The Hall–Kier alpha value is -1.83. The van der Waals surface area contributed by atoms with Gasteiger partial charge in [0.05, 0.1) is 6.61 Å². The maximum atomic E-state index is 13.1. The molecule has 0 radical (unpaired) electrons. The van der Waals surface area contributed by atoms with Crippen LogP contribution in [0.15, 0.2) is 0 Å². The first-order chi connectivity index (χ1) is 11.3. The SMILES string of the molecule is CCOc1c(C)c(C(F)(F)F)nn1C(C(F)(F)F)(C(F)(F)F)C(F)(F)F. The molecule has 0 saturated heterocycles. The molecule has 0 saturated carbocycles. The van der Waals surface area contributed by atoms with Gasteiger partial charge in [0.2, 0.25) is 5.88 Å². The highest BCUT2D eigenvalue weighted by Crippen LogP contribution is 2.59. The second-order valence-corrected chi connectivity index (χ2v) is 4.83. The molecule has 1 heterocycles. The summed E-state index contributed by atoms with van der Waals surface area (Å²) in [5.41, 5.74) is -10.6. The number of halogens is 12. The second-order valence-electron chi connectivity index (χ2n) is 4.83. The molecular formula is C11H8F12N2O. The quantitative estimate of drug-likeness (QED) is 0.655. The molecular weight excluding hydrogens is 404 g/mol. The average Bonchev–Trinajstić information content (AvgIpc) is 2.63. The summed E-state index contributed by atoms with van der Waals surface area (Å²) < 4.78 is 158. The van der Waals surface area contributed by atoms with Crippen LogP contribution in [0.25, 0.3) is 0 Å². The van der Waals surface area contributed by atoms with Crippen LogP contribution in [0.3, 0.4) is 0 Å². The Labute approximate surface area is 136 Å². The van der Waals surface area contributed by atoms with E-state index >= 15 is 0 Å². The maximum Gasteiger partial charge on any atom is 0.435 e. The molecule has 3 nitrogen and oxygen atoms in total. The van der Waals surface area contributed by atoms with Crippen molar-refractivity contribution in [1.82, 2.24) is 9.78 Å². The van der Waals surface area contributed by atoms with Gasteiger partial charge in [-0.1, -0.05) is 0 Å². The minimum atomic E-state index is -7.14. The van der Waals surface area contributed by atoms with E-state index in [-0.39, 0.29) is 0 Å². The van der Waals surface area contributed by atoms with E-state index in [2.05, 4.69) is 4.74 Å². The van der Waals surface area contributed by atoms with E-state index in [0.29, 0.717) is 6.92 Å². The fourth-order valence-electron chi connectivity index (χ4n) is 2.13. The summed E-state index contributed by atoms with van der Waals surface area (Å²) in [5, 5.41) is 1.98. The van der Waals surface area contributed by atoms with Crippen molar-refractivity contribution in [3.8, 4) is 5.88 Å². The number of ether oxygens (including phenoxy) is 1. The molecule has 26 heavy (non-hydrogen) atoms. The summed E-state index contributed by atoms with van der Waals surface area (Å²) in [7, 11) is 0. The molecule has 0 aromatic carbocycles. The molecule has 152 valence electrons. The summed E-state index contributed by atoms with van der Waals surface area (Å²) >= 11 is 0. The summed E-state index contributed by atoms with van der Waals surface area (Å²) in [5.74, 6) is -1.95. The molecule has 0 amide bonds. The van der Waals surface area contributed by atoms with Crippen molar-refractivity contribution < 1.29 is 57.4 Å². The summed E-state index contributed by atoms with van der Waals surface area (Å²) in [4.78, 5) is 0. The largest absolute Gasteiger partial charge is 0.478 e. The highest BCUT2D eigenvalue weighted by molar-refractivity contribution is 5.34. The lowest BCUT2D eigenvalue weighted by Crippen LogP contribution is -2.67. The van der Waals surface area contributed by atoms with Crippen LogP contribution in [0.4, 0.5) is 52.7 Å². The lowest BCUT2D eigenvalue weighted by atomic mass is 9.97. The maximum absolute atomic E-state index is 13.1. The monoisotopic (exact) mass is 412 g/mol. The van der Waals surface area contributed by atoms with E-state index in [0.717, 1.165) is 6.92 Å². The third-order valence-corrected chi connectivity index (χ3v) is 3.17. The van der Waals surface area contributed by atoms with Crippen molar-refractivity contribution >= 4 is 0 Å². The normalized spacial score (nSPS) is 14.7. The van der Waals surface area contributed by atoms with E-state index in [1.54, 1.807) is 0 Å².